The van der Waals surface area contributed by atoms with Crippen molar-refractivity contribution in [3.05, 3.63) is 20.8 Å². The first-order valence-electron chi connectivity index (χ1n) is 3.93. The zero-order valence-corrected chi connectivity index (χ0v) is 9.20. The van der Waals surface area contributed by atoms with Gasteiger partial charge in [0.2, 0.25) is 0 Å². The maximum absolute atomic E-state index is 5.93. The van der Waals surface area contributed by atoms with Crippen molar-refractivity contribution in [3.8, 4) is 0 Å². The Kier molecular flexibility index (Phi) is 4.21. The molecule has 0 saturated heterocycles. The van der Waals surface area contributed by atoms with E-state index in [4.69, 9.17) is 11.5 Å². The van der Waals surface area contributed by atoms with Crippen LogP contribution in [0.25, 0.3) is 0 Å². The Morgan fingerprint density at radius 3 is 2.83 bits per heavy atom. The van der Waals surface area contributed by atoms with Gasteiger partial charge in [0.05, 0.1) is 0 Å². The number of hydrogen-bond acceptors (Lipinski definition) is 3. The summed E-state index contributed by atoms with van der Waals surface area (Å²) in [5, 5.41) is 2.05. The molecule has 0 aliphatic carbocycles. The summed E-state index contributed by atoms with van der Waals surface area (Å²) < 4.78 is 1.12. The molecule has 1 heterocycles. The first-order chi connectivity index (χ1) is 5.74. The van der Waals surface area contributed by atoms with E-state index in [1.54, 1.807) is 11.3 Å². The highest BCUT2D eigenvalue weighted by Crippen LogP contribution is 2.26. The zero-order valence-electron chi connectivity index (χ0n) is 6.79. The molecule has 4 heteroatoms. The van der Waals surface area contributed by atoms with Crippen LogP contribution in [0.15, 0.2) is 15.9 Å². The van der Waals surface area contributed by atoms with Crippen LogP contribution in [0.3, 0.4) is 0 Å². The number of hydrogen-bond donors (Lipinski definition) is 2. The van der Waals surface area contributed by atoms with E-state index in [2.05, 4.69) is 27.4 Å². The van der Waals surface area contributed by atoms with E-state index in [0.29, 0.717) is 0 Å². The lowest BCUT2D eigenvalue weighted by Gasteiger charge is -2.07. The van der Waals surface area contributed by atoms with Crippen molar-refractivity contribution in [1.29, 1.82) is 0 Å². The molecule has 1 atom stereocenters. The van der Waals surface area contributed by atoms with E-state index in [1.807, 2.05) is 0 Å². The van der Waals surface area contributed by atoms with Gasteiger partial charge >= 0.3 is 0 Å². The fourth-order valence-electron chi connectivity index (χ4n) is 1.00. The molecule has 12 heavy (non-hydrogen) atoms. The standard InChI is InChI=1S/C8H13BrN2S/c9-6-4-8(12-5-6)7(11)2-1-3-10/h4-5,7H,1-3,10-11H2. The zero-order chi connectivity index (χ0) is 8.97. The molecule has 0 aromatic carbocycles. The second-order valence-electron chi connectivity index (χ2n) is 2.70. The maximum Gasteiger partial charge on any atom is 0.0390 e. The second kappa shape index (κ2) is 4.97. The Morgan fingerprint density at radius 2 is 2.33 bits per heavy atom. The van der Waals surface area contributed by atoms with Crippen LogP contribution in [-0.2, 0) is 0 Å². The average molecular weight is 249 g/mol. The topological polar surface area (TPSA) is 52.0 Å². The summed E-state index contributed by atoms with van der Waals surface area (Å²) in [5.74, 6) is 0. The van der Waals surface area contributed by atoms with E-state index in [-0.39, 0.29) is 6.04 Å². The highest BCUT2D eigenvalue weighted by molar-refractivity contribution is 9.10. The number of halogens is 1. The fraction of sp³-hybridized carbons (Fsp3) is 0.500. The monoisotopic (exact) mass is 248 g/mol. The quantitative estimate of drug-likeness (QED) is 0.859. The maximum atomic E-state index is 5.93. The summed E-state index contributed by atoms with van der Waals surface area (Å²) in [6, 6.07) is 2.23. The molecule has 0 fully saturated rings. The number of thiophene rings is 1. The average Bonchev–Trinajstić information content (AvgIpc) is 2.47. The van der Waals surface area contributed by atoms with Crippen molar-refractivity contribution in [1.82, 2.24) is 0 Å². The Bertz CT molecular complexity index is 237. The van der Waals surface area contributed by atoms with Crippen molar-refractivity contribution in [2.75, 3.05) is 6.54 Å². The lowest BCUT2D eigenvalue weighted by molar-refractivity contribution is 0.626. The van der Waals surface area contributed by atoms with Gasteiger partial charge in [-0.25, -0.2) is 0 Å². The molecule has 1 unspecified atom stereocenters. The van der Waals surface area contributed by atoms with Gasteiger partial charge in [-0.1, -0.05) is 0 Å². The van der Waals surface area contributed by atoms with Crippen molar-refractivity contribution in [3.63, 3.8) is 0 Å². The summed E-state index contributed by atoms with van der Waals surface area (Å²) in [6.45, 7) is 0.722. The second-order valence-corrected chi connectivity index (χ2v) is 4.56. The van der Waals surface area contributed by atoms with Gasteiger partial charge in [-0.2, -0.15) is 0 Å². The van der Waals surface area contributed by atoms with E-state index in [1.165, 1.54) is 4.88 Å². The summed E-state index contributed by atoms with van der Waals surface area (Å²) in [5.41, 5.74) is 11.3. The molecule has 4 N–H and O–H groups in total. The van der Waals surface area contributed by atoms with Crippen LogP contribution < -0.4 is 11.5 Å². The van der Waals surface area contributed by atoms with E-state index >= 15 is 0 Å². The van der Waals surface area contributed by atoms with Crippen molar-refractivity contribution in [2.45, 2.75) is 18.9 Å². The normalized spacial score (nSPS) is 13.2. The van der Waals surface area contributed by atoms with Crippen LogP contribution in [0.2, 0.25) is 0 Å². The Hall–Kier alpha value is 0.1000. The molecule has 1 aromatic heterocycles. The molecule has 0 saturated carbocycles. The van der Waals surface area contributed by atoms with Gasteiger partial charge < -0.3 is 11.5 Å². The molecular weight excluding hydrogens is 236 g/mol. The van der Waals surface area contributed by atoms with E-state index < -0.39 is 0 Å². The number of nitrogens with two attached hydrogens (primary N) is 2. The van der Waals surface area contributed by atoms with Crippen LogP contribution in [0.4, 0.5) is 0 Å². The molecule has 2 nitrogen and oxygen atoms in total. The lowest BCUT2D eigenvalue weighted by Crippen LogP contribution is -2.10. The summed E-state index contributed by atoms with van der Waals surface area (Å²) >= 11 is 5.09. The van der Waals surface area contributed by atoms with Gasteiger partial charge in [0, 0.05) is 20.8 Å². The predicted octanol–water partition coefficient (Wildman–Crippen LogP) is 2.25. The van der Waals surface area contributed by atoms with Gasteiger partial charge in [-0.3, -0.25) is 0 Å². The Morgan fingerprint density at radius 1 is 1.58 bits per heavy atom. The van der Waals surface area contributed by atoms with Gasteiger partial charge in [0.15, 0.2) is 0 Å². The summed E-state index contributed by atoms with van der Waals surface area (Å²) in [6.07, 6.45) is 1.97. The molecule has 0 aliphatic rings. The highest BCUT2D eigenvalue weighted by atomic mass is 79.9. The Labute approximate surface area is 85.1 Å². The van der Waals surface area contributed by atoms with E-state index in [9.17, 15) is 0 Å². The third-order valence-corrected chi connectivity index (χ3v) is 3.50. The molecule has 0 aliphatic heterocycles. The minimum absolute atomic E-state index is 0.157. The van der Waals surface area contributed by atoms with Crippen molar-refractivity contribution >= 4 is 27.3 Å². The van der Waals surface area contributed by atoms with Gasteiger partial charge in [0.1, 0.15) is 0 Å². The molecule has 1 rings (SSSR count). The molecule has 0 amide bonds. The SMILES string of the molecule is NCCCC(N)c1cc(Br)cs1. The highest BCUT2D eigenvalue weighted by Gasteiger charge is 2.07. The molecule has 1 aromatic rings. The van der Waals surface area contributed by atoms with Crippen LogP contribution in [0.5, 0.6) is 0 Å². The van der Waals surface area contributed by atoms with Crippen LogP contribution in [-0.4, -0.2) is 6.54 Å². The van der Waals surface area contributed by atoms with Gasteiger partial charge in [-0.15, -0.1) is 11.3 Å². The minimum Gasteiger partial charge on any atom is -0.330 e. The number of rotatable bonds is 4. The van der Waals surface area contributed by atoms with Crippen LogP contribution in [0.1, 0.15) is 23.8 Å². The molecule has 0 bridgehead atoms. The van der Waals surface area contributed by atoms with Crippen molar-refractivity contribution in [2.24, 2.45) is 11.5 Å². The first kappa shape index (κ1) is 10.2. The lowest BCUT2D eigenvalue weighted by atomic mass is 10.1. The molecule has 0 radical (unpaired) electrons. The largest absolute Gasteiger partial charge is 0.330 e. The molecule has 0 spiro atoms. The smallest absolute Gasteiger partial charge is 0.0390 e. The van der Waals surface area contributed by atoms with E-state index in [0.717, 1.165) is 23.9 Å². The van der Waals surface area contributed by atoms with Crippen LogP contribution >= 0.6 is 27.3 Å². The summed E-state index contributed by atoms with van der Waals surface area (Å²) in [4.78, 5) is 1.23. The summed E-state index contributed by atoms with van der Waals surface area (Å²) in [7, 11) is 0. The minimum atomic E-state index is 0.157. The van der Waals surface area contributed by atoms with Crippen LogP contribution in [0, 0.1) is 0 Å². The third-order valence-electron chi connectivity index (χ3n) is 1.67. The third kappa shape index (κ3) is 2.86. The van der Waals surface area contributed by atoms with Crippen molar-refractivity contribution < 1.29 is 0 Å². The fourth-order valence-corrected chi connectivity index (χ4v) is 2.49. The molecular formula is C8H13BrN2S. The van der Waals surface area contributed by atoms with Gasteiger partial charge in [0.25, 0.3) is 0 Å². The predicted molar refractivity (Wildman–Crippen MR) is 57.2 cm³/mol. The molecule has 68 valence electrons. The van der Waals surface area contributed by atoms with Gasteiger partial charge in [-0.05, 0) is 41.4 Å². The Balaban J connectivity index is 2.47. The first-order valence-corrected chi connectivity index (χ1v) is 5.61.